The zero-order valence-electron chi connectivity index (χ0n) is 11.1. The highest BCUT2D eigenvalue weighted by Gasteiger charge is 2.24. The summed E-state index contributed by atoms with van der Waals surface area (Å²) in [6.45, 7) is 5.29. The van der Waals surface area contributed by atoms with Crippen molar-refractivity contribution >= 4 is 15.7 Å². The van der Waals surface area contributed by atoms with E-state index in [9.17, 15) is 13.5 Å². The number of nitrogen functional groups attached to an aromatic ring is 1. The summed E-state index contributed by atoms with van der Waals surface area (Å²) in [5.41, 5.74) is 7.83. The molecule has 0 amide bonds. The van der Waals surface area contributed by atoms with Gasteiger partial charge in [0.2, 0.25) is 10.0 Å². The number of hydrogen-bond acceptors (Lipinski definition) is 4. The van der Waals surface area contributed by atoms with Crippen LogP contribution in [0.4, 0.5) is 5.69 Å². The molecule has 1 rings (SSSR count). The van der Waals surface area contributed by atoms with E-state index in [0.717, 1.165) is 15.4 Å². The highest BCUT2D eigenvalue weighted by molar-refractivity contribution is 7.89. The molecule has 1 aromatic rings. The summed E-state index contributed by atoms with van der Waals surface area (Å²) in [6.07, 6.45) is -0.724. The van der Waals surface area contributed by atoms with E-state index < -0.39 is 16.1 Å². The molecular formula is C12H20N2O3S. The number of sulfonamides is 1. The van der Waals surface area contributed by atoms with Gasteiger partial charge in [-0.3, -0.25) is 0 Å². The van der Waals surface area contributed by atoms with Crippen LogP contribution in [0.1, 0.15) is 18.1 Å². The molecule has 0 aliphatic rings. The first-order chi connectivity index (χ1) is 8.16. The molecule has 1 unspecified atom stereocenters. The van der Waals surface area contributed by atoms with Gasteiger partial charge in [0.25, 0.3) is 0 Å². The summed E-state index contributed by atoms with van der Waals surface area (Å²) in [7, 11) is -2.23. The zero-order chi connectivity index (χ0) is 14.1. The van der Waals surface area contributed by atoms with Gasteiger partial charge in [0.1, 0.15) is 4.90 Å². The SMILES string of the molecule is Cc1cc(N)c(S(=O)(=O)N(C)CC(C)O)cc1C. The molecule has 0 spiro atoms. The molecule has 0 bridgehead atoms. The summed E-state index contributed by atoms with van der Waals surface area (Å²) >= 11 is 0. The maximum Gasteiger partial charge on any atom is 0.244 e. The molecular weight excluding hydrogens is 252 g/mol. The van der Waals surface area contributed by atoms with Crippen LogP contribution in [0.15, 0.2) is 17.0 Å². The second kappa shape index (κ2) is 5.26. The highest BCUT2D eigenvalue weighted by atomic mass is 32.2. The summed E-state index contributed by atoms with van der Waals surface area (Å²) in [4.78, 5) is 0.0914. The number of nitrogens with two attached hydrogens (primary N) is 1. The van der Waals surface area contributed by atoms with E-state index in [-0.39, 0.29) is 17.1 Å². The van der Waals surface area contributed by atoms with Gasteiger partial charge in [-0.1, -0.05) is 0 Å². The molecule has 1 atom stereocenters. The van der Waals surface area contributed by atoms with Crippen LogP contribution in [0.3, 0.4) is 0 Å². The Morgan fingerprint density at radius 3 is 2.33 bits per heavy atom. The third kappa shape index (κ3) is 3.01. The maximum atomic E-state index is 12.3. The molecule has 0 radical (unpaired) electrons. The van der Waals surface area contributed by atoms with Crippen molar-refractivity contribution in [3.8, 4) is 0 Å². The van der Waals surface area contributed by atoms with Gasteiger partial charge in [-0.25, -0.2) is 8.42 Å². The molecule has 1 aromatic carbocycles. The predicted molar refractivity (Wildman–Crippen MR) is 71.8 cm³/mol. The first-order valence-corrected chi connectivity index (χ1v) is 7.11. The Morgan fingerprint density at radius 1 is 1.33 bits per heavy atom. The smallest absolute Gasteiger partial charge is 0.244 e. The monoisotopic (exact) mass is 272 g/mol. The van der Waals surface area contributed by atoms with E-state index in [4.69, 9.17) is 5.73 Å². The molecule has 18 heavy (non-hydrogen) atoms. The fourth-order valence-electron chi connectivity index (χ4n) is 1.67. The normalized spacial score (nSPS) is 13.9. The zero-order valence-corrected chi connectivity index (χ0v) is 12.0. The second-order valence-corrected chi connectivity index (χ2v) is 6.62. The Bertz CT molecular complexity index is 538. The Kier molecular flexibility index (Phi) is 4.37. The van der Waals surface area contributed by atoms with Gasteiger partial charge in [0.15, 0.2) is 0 Å². The van der Waals surface area contributed by atoms with E-state index in [2.05, 4.69) is 0 Å². The van der Waals surface area contributed by atoms with E-state index in [1.165, 1.54) is 14.0 Å². The first kappa shape index (κ1) is 14.9. The number of aryl methyl sites for hydroxylation is 2. The average molecular weight is 272 g/mol. The summed E-state index contributed by atoms with van der Waals surface area (Å²) in [6, 6.07) is 3.22. The van der Waals surface area contributed by atoms with Gasteiger partial charge in [-0.05, 0) is 44.0 Å². The van der Waals surface area contributed by atoms with Gasteiger partial charge >= 0.3 is 0 Å². The van der Waals surface area contributed by atoms with Crippen molar-refractivity contribution in [3.05, 3.63) is 23.3 Å². The number of likely N-dealkylation sites (N-methyl/N-ethyl adjacent to an activating group) is 1. The van der Waals surface area contributed by atoms with E-state index in [1.807, 2.05) is 13.8 Å². The van der Waals surface area contributed by atoms with Crippen molar-refractivity contribution < 1.29 is 13.5 Å². The average Bonchev–Trinajstić information content (AvgIpc) is 2.22. The topological polar surface area (TPSA) is 83.6 Å². The number of benzene rings is 1. The van der Waals surface area contributed by atoms with Gasteiger partial charge in [-0.2, -0.15) is 4.31 Å². The number of hydrogen-bond donors (Lipinski definition) is 2. The minimum absolute atomic E-state index is 0.0364. The molecule has 0 heterocycles. The first-order valence-electron chi connectivity index (χ1n) is 5.67. The third-order valence-electron chi connectivity index (χ3n) is 2.84. The van der Waals surface area contributed by atoms with Crippen LogP contribution in [0, 0.1) is 13.8 Å². The number of rotatable bonds is 4. The molecule has 0 aromatic heterocycles. The summed E-state index contributed by atoms with van der Waals surface area (Å²) < 4.78 is 25.7. The van der Waals surface area contributed by atoms with Crippen molar-refractivity contribution in [2.45, 2.75) is 31.8 Å². The number of aliphatic hydroxyl groups excluding tert-OH is 1. The molecule has 0 fully saturated rings. The standard InChI is InChI=1S/C12H20N2O3S/c1-8-5-11(13)12(6-9(8)2)18(16,17)14(4)7-10(3)15/h5-6,10,15H,7,13H2,1-4H3. The molecule has 6 heteroatoms. The minimum atomic E-state index is -3.66. The lowest BCUT2D eigenvalue weighted by Gasteiger charge is -2.20. The number of aliphatic hydroxyl groups is 1. The van der Waals surface area contributed by atoms with Crippen LogP contribution >= 0.6 is 0 Å². The quantitative estimate of drug-likeness (QED) is 0.797. The van der Waals surface area contributed by atoms with Crippen molar-refractivity contribution in [3.63, 3.8) is 0 Å². The molecule has 102 valence electrons. The third-order valence-corrected chi connectivity index (χ3v) is 4.71. The van der Waals surface area contributed by atoms with Gasteiger partial charge in [0.05, 0.1) is 11.8 Å². The minimum Gasteiger partial charge on any atom is -0.398 e. The van der Waals surface area contributed by atoms with Crippen LogP contribution < -0.4 is 5.73 Å². The van der Waals surface area contributed by atoms with Gasteiger partial charge < -0.3 is 10.8 Å². The summed E-state index contributed by atoms with van der Waals surface area (Å²) in [5, 5.41) is 9.26. The van der Waals surface area contributed by atoms with E-state index in [1.54, 1.807) is 12.1 Å². The van der Waals surface area contributed by atoms with Crippen LogP contribution in [0.2, 0.25) is 0 Å². The Morgan fingerprint density at radius 2 is 1.83 bits per heavy atom. The van der Waals surface area contributed by atoms with Gasteiger partial charge in [-0.15, -0.1) is 0 Å². The van der Waals surface area contributed by atoms with Crippen LogP contribution in [-0.4, -0.2) is 37.5 Å². The second-order valence-electron chi connectivity index (χ2n) is 4.61. The van der Waals surface area contributed by atoms with E-state index in [0.29, 0.717) is 0 Å². The van der Waals surface area contributed by atoms with Crippen molar-refractivity contribution in [1.82, 2.24) is 4.31 Å². The summed E-state index contributed by atoms with van der Waals surface area (Å²) in [5.74, 6) is 0. The Labute approximate surface area is 108 Å². The van der Waals surface area contributed by atoms with Crippen molar-refractivity contribution in [2.75, 3.05) is 19.3 Å². The molecule has 0 saturated carbocycles. The lowest BCUT2D eigenvalue weighted by molar-refractivity contribution is 0.171. The highest BCUT2D eigenvalue weighted by Crippen LogP contribution is 2.25. The molecule has 0 saturated heterocycles. The van der Waals surface area contributed by atoms with Crippen LogP contribution in [-0.2, 0) is 10.0 Å². The maximum absolute atomic E-state index is 12.3. The Hall–Kier alpha value is -1.11. The van der Waals surface area contributed by atoms with Crippen LogP contribution in [0.25, 0.3) is 0 Å². The van der Waals surface area contributed by atoms with Crippen molar-refractivity contribution in [1.29, 1.82) is 0 Å². The lowest BCUT2D eigenvalue weighted by atomic mass is 10.1. The van der Waals surface area contributed by atoms with Crippen molar-refractivity contribution in [2.24, 2.45) is 0 Å². The predicted octanol–water partition coefficient (Wildman–Crippen LogP) is 0.887. The fraction of sp³-hybridized carbons (Fsp3) is 0.500. The Balaban J connectivity index is 3.24. The molecule has 0 aliphatic carbocycles. The molecule has 0 aliphatic heterocycles. The molecule has 3 N–H and O–H groups in total. The van der Waals surface area contributed by atoms with Crippen LogP contribution in [0.5, 0.6) is 0 Å². The van der Waals surface area contributed by atoms with Gasteiger partial charge in [0, 0.05) is 13.6 Å². The number of nitrogens with zero attached hydrogens (tertiary/aromatic N) is 1. The van der Waals surface area contributed by atoms with E-state index >= 15 is 0 Å². The largest absolute Gasteiger partial charge is 0.398 e. The fourth-order valence-corrected chi connectivity index (χ4v) is 3.10. The lowest BCUT2D eigenvalue weighted by Crippen LogP contribution is -2.33. The number of anilines is 1. The molecule has 5 nitrogen and oxygen atoms in total.